The van der Waals surface area contributed by atoms with Crippen molar-refractivity contribution in [1.29, 1.82) is 0 Å². The molecule has 0 radical (unpaired) electrons. The van der Waals surface area contributed by atoms with E-state index in [-0.39, 0.29) is 18.3 Å². The summed E-state index contributed by atoms with van der Waals surface area (Å²) in [5, 5.41) is 1.05. The SMILES string of the molecule is Cn1c2c(c3ccc(-n4ccc(OCc5ccc(F)cn5)cc4=O)cc31)CN(C(=O)OC(C)(C)C)CC2. The predicted octanol–water partition coefficient (Wildman–Crippen LogP) is 4.74. The molecule has 1 aromatic carbocycles. The number of aryl methyl sites for hydroxylation is 1. The molecule has 5 rings (SSSR count). The van der Waals surface area contributed by atoms with Crippen molar-refractivity contribution >= 4 is 17.0 Å². The Morgan fingerprint density at radius 3 is 2.65 bits per heavy atom. The van der Waals surface area contributed by atoms with Gasteiger partial charge in [-0.1, -0.05) is 6.07 Å². The molecule has 0 saturated carbocycles. The van der Waals surface area contributed by atoms with Gasteiger partial charge >= 0.3 is 6.09 Å². The van der Waals surface area contributed by atoms with Gasteiger partial charge in [-0.15, -0.1) is 0 Å². The Morgan fingerprint density at radius 1 is 1.14 bits per heavy atom. The standard InChI is InChI=1S/C28H29FN4O4/c1-28(2,3)37-27(35)32-11-10-24-23(16-32)22-8-7-20(13-25(22)31(24)4)33-12-9-21(14-26(33)34)36-17-19-6-5-18(29)15-30-19/h5-9,12-15H,10-11,16-17H2,1-4H3. The second-order valence-electron chi connectivity index (χ2n) is 10.2. The molecule has 1 amide bonds. The first kappa shape index (κ1) is 24.5. The second kappa shape index (κ2) is 9.38. The predicted molar refractivity (Wildman–Crippen MR) is 137 cm³/mol. The van der Waals surface area contributed by atoms with Gasteiger partial charge in [0.1, 0.15) is 23.8 Å². The van der Waals surface area contributed by atoms with Crippen molar-refractivity contribution in [2.75, 3.05) is 6.54 Å². The van der Waals surface area contributed by atoms with Gasteiger partial charge in [0.25, 0.3) is 5.56 Å². The highest BCUT2D eigenvalue weighted by Crippen LogP contribution is 2.32. The first-order chi connectivity index (χ1) is 17.6. The lowest BCUT2D eigenvalue weighted by atomic mass is 10.0. The first-order valence-corrected chi connectivity index (χ1v) is 12.1. The minimum absolute atomic E-state index is 0.130. The Balaban J connectivity index is 1.38. The van der Waals surface area contributed by atoms with E-state index in [1.165, 1.54) is 23.9 Å². The largest absolute Gasteiger partial charge is 0.487 e. The summed E-state index contributed by atoms with van der Waals surface area (Å²) in [6, 6.07) is 11.9. The van der Waals surface area contributed by atoms with Crippen LogP contribution < -0.4 is 10.3 Å². The number of rotatable bonds is 4. The van der Waals surface area contributed by atoms with Crippen LogP contribution in [0.15, 0.2) is 59.7 Å². The quantitative estimate of drug-likeness (QED) is 0.401. The van der Waals surface area contributed by atoms with Gasteiger partial charge in [-0.2, -0.15) is 0 Å². The van der Waals surface area contributed by atoms with Gasteiger partial charge in [0.05, 0.1) is 29.6 Å². The molecule has 1 aliphatic rings. The van der Waals surface area contributed by atoms with E-state index < -0.39 is 11.4 Å². The fraction of sp³-hybridized carbons (Fsp3) is 0.321. The summed E-state index contributed by atoms with van der Waals surface area (Å²) < 4.78 is 28.0. The highest BCUT2D eigenvalue weighted by molar-refractivity contribution is 5.88. The molecule has 4 aromatic rings. The lowest BCUT2D eigenvalue weighted by molar-refractivity contribution is 0.0223. The molecule has 0 unspecified atom stereocenters. The molecule has 8 nitrogen and oxygen atoms in total. The van der Waals surface area contributed by atoms with Gasteiger partial charge in [0.2, 0.25) is 0 Å². The number of nitrogens with zero attached hydrogens (tertiary/aromatic N) is 4. The van der Waals surface area contributed by atoms with E-state index in [0.29, 0.717) is 24.5 Å². The fourth-order valence-corrected chi connectivity index (χ4v) is 4.61. The van der Waals surface area contributed by atoms with Gasteiger partial charge in [0.15, 0.2) is 0 Å². The Kier molecular flexibility index (Phi) is 6.23. The van der Waals surface area contributed by atoms with Crippen molar-refractivity contribution < 1.29 is 18.7 Å². The van der Waals surface area contributed by atoms with Crippen LogP contribution in [-0.2, 0) is 31.4 Å². The van der Waals surface area contributed by atoms with Crippen LogP contribution in [0.3, 0.4) is 0 Å². The van der Waals surface area contributed by atoms with Crippen LogP contribution in [0.2, 0.25) is 0 Å². The topological polar surface area (TPSA) is 78.6 Å². The molecule has 192 valence electrons. The zero-order chi connectivity index (χ0) is 26.3. The third-order valence-corrected chi connectivity index (χ3v) is 6.38. The maximum atomic E-state index is 13.0. The first-order valence-electron chi connectivity index (χ1n) is 12.1. The summed E-state index contributed by atoms with van der Waals surface area (Å²) >= 11 is 0. The lowest BCUT2D eigenvalue weighted by Crippen LogP contribution is -2.40. The van der Waals surface area contributed by atoms with Crippen LogP contribution in [-0.4, -0.2) is 37.3 Å². The maximum Gasteiger partial charge on any atom is 0.410 e. The molecular formula is C28H29FN4O4. The van der Waals surface area contributed by atoms with Gasteiger partial charge < -0.3 is 18.9 Å². The Morgan fingerprint density at radius 2 is 1.95 bits per heavy atom. The van der Waals surface area contributed by atoms with Crippen LogP contribution >= 0.6 is 0 Å². The number of hydrogen-bond donors (Lipinski definition) is 0. The number of aromatic nitrogens is 3. The molecule has 0 aliphatic carbocycles. The zero-order valence-corrected chi connectivity index (χ0v) is 21.3. The van der Waals surface area contributed by atoms with Crippen molar-refractivity contribution in [1.82, 2.24) is 19.0 Å². The van der Waals surface area contributed by atoms with Crippen LogP contribution in [0.1, 0.15) is 37.7 Å². The van der Waals surface area contributed by atoms with Gasteiger partial charge in [-0.05, 0) is 51.1 Å². The number of pyridine rings is 2. The molecular weight excluding hydrogens is 475 g/mol. The van der Waals surface area contributed by atoms with Gasteiger partial charge in [0, 0.05) is 48.9 Å². The lowest BCUT2D eigenvalue weighted by Gasteiger charge is -2.30. The molecule has 0 atom stereocenters. The molecule has 3 aromatic heterocycles. The Hall–Kier alpha value is -4.14. The number of carbonyl (C=O) groups excluding carboxylic acids is 1. The number of amides is 1. The van der Waals surface area contributed by atoms with Crippen molar-refractivity contribution in [3.05, 3.63) is 88.0 Å². The van der Waals surface area contributed by atoms with E-state index in [0.717, 1.165) is 34.8 Å². The highest BCUT2D eigenvalue weighted by atomic mass is 19.1. The smallest absolute Gasteiger partial charge is 0.410 e. The molecule has 37 heavy (non-hydrogen) atoms. The summed E-state index contributed by atoms with van der Waals surface area (Å²) in [6.45, 7) is 6.79. The number of hydrogen-bond acceptors (Lipinski definition) is 5. The third kappa shape index (κ3) is 5.07. The Bertz CT molecular complexity index is 1530. The summed E-state index contributed by atoms with van der Waals surface area (Å²) in [5.41, 5.74) is 3.78. The van der Waals surface area contributed by atoms with Crippen molar-refractivity contribution in [3.63, 3.8) is 0 Å². The van der Waals surface area contributed by atoms with Crippen LogP contribution in [0.5, 0.6) is 5.75 Å². The number of carbonyl (C=O) groups is 1. The van der Waals surface area contributed by atoms with E-state index in [1.54, 1.807) is 21.7 Å². The average Bonchev–Trinajstić information content (AvgIpc) is 3.13. The summed E-state index contributed by atoms with van der Waals surface area (Å²) in [4.78, 5) is 31.2. The number of fused-ring (bicyclic) bond motifs is 3. The van der Waals surface area contributed by atoms with Crippen LogP contribution in [0.25, 0.3) is 16.6 Å². The molecule has 0 N–H and O–H groups in total. The van der Waals surface area contributed by atoms with E-state index in [2.05, 4.69) is 9.55 Å². The van der Waals surface area contributed by atoms with Crippen molar-refractivity contribution in [2.24, 2.45) is 7.05 Å². The fourth-order valence-electron chi connectivity index (χ4n) is 4.61. The van der Waals surface area contributed by atoms with E-state index in [1.807, 2.05) is 46.0 Å². The summed E-state index contributed by atoms with van der Waals surface area (Å²) in [7, 11) is 2.01. The highest BCUT2D eigenvalue weighted by Gasteiger charge is 2.29. The molecule has 4 heterocycles. The molecule has 0 bridgehead atoms. The summed E-state index contributed by atoms with van der Waals surface area (Å²) in [6.07, 6.45) is 3.22. The van der Waals surface area contributed by atoms with E-state index in [4.69, 9.17) is 9.47 Å². The number of benzene rings is 1. The van der Waals surface area contributed by atoms with Crippen molar-refractivity contribution in [3.8, 4) is 11.4 Å². The average molecular weight is 505 g/mol. The second-order valence-corrected chi connectivity index (χ2v) is 10.2. The minimum atomic E-state index is -0.545. The summed E-state index contributed by atoms with van der Waals surface area (Å²) in [5.74, 6) is -0.00669. The molecule has 9 heteroatoms. The van der Waals surface area contributed by atoms with E-state index in [9.17, 15) is 14.0 Å². The maximum absolute atomic E-state index is 13.0. The van der Waals surface area contributed by atoms with Crippen LogP contribution in [0, 0.1) is 5.82 Å². The van der Waals surface area contributed by atoms with Gasteiger partial charge in [-0.25, -0.2) is 9.18 Å². The van der Waals surface area contributed by atoms with E-state index >= 15 is 0 Å². The third-order valence-electron chi connectivity index (χ3n) is 6.38. The molecule has 0 fully saturated rings. The monoisotopic (exact) mass is 504 g/mol. The number of ether oxygens (including phenoxy) is 2. The normalized spacial score (nSPS) is 13.5. The van der Waals surface area contributed by atoms with Gasteiger partial charge in [-0.3, -0.25) is 14.3 Å². The zero-order valence-electron chi connectivity index (χ0n) is 21.3. The molecule has 0 saturated heterocycles. The molecule has 0 spiro atoms. The minimum Gasteiger partial charge on any atom is -0.487 e. The number of halogens is 1. The molecule has 1 aliphatic heterocycles. The van der Waals surface area contributed by atoms with Crippen molar-refractivity contribution in [2.45, 2.75) is 45.9 Å². The Labute approximate surface area is 213 Å². The van der Waals surface area contributed by atoms with Crippen LogP contribution in [0.4, 0.5) is 9.18 Å².